The number of hydrogen-bond donors (Lipinski definition) is 1. The van der Waals surface area contributed by atoms with Gasteiger partial charge < -0.3 is 9.84 Å². The first kappa shape index (κ1) is 13.5. The zero-order valence-corrected chi connectivity index (χ0v) is 11.0. The number of aliphatic hydroxyl groups is 1. The first-order valence-electron chi connectivity index (χ1n) is 5.79. The number of aromatic nitrogens is 2. The Balaban J connectivity index is 2.18. The van der Waals surface area contributed by atoms with Gasteiger partial charge in [0.2, 0.25) is 10.0 Å². The second-order valence-electron chi connectivity index (χ2n) is 4.21. The van der Waals surface area contributed by atoms with E-state index in [4.69, 9.17) is 9.84 Å². The minimum absolute atomic E-state index is 0.0737. The molecule has 7 nitrogen and oxygen atoms in total. The van der Waals surface area contributed by atoms with E-state index in [0.29, 0.717) is 19.7 Å². The van der Waals surface area contributed by atoms with E-state index in [-0.39, 0.29) is 24.2 Å². The predicted octanol–water partition coefficient (Wildman–Crippen LogP) is -0.715. The van der Waals surface area contributed by atoms with Crippen molar-refractivity contribution in [3.8, 4) is 0 Å². The average molecular weight is 275 g/mol. The summed E-state index contributed by atoms with van der Waals surface area (Å²) in [6.45, 7) is 3.18. The normalized spacial score (nSPS) is 22.2. The molecule has 0 amide bonds. The lowest BCUT2D eigenvalue weighted by molar-refractivity contribution is 0.0102. The van der Waals surface area contributed by atoms with E-state index in [2.05, 4.69) is 5.10 Å². The van der Waals surface area contributed by atoms with Crippen LogP contribution in [0.15, 0.2) is 17.3 Å². The quantitative estimate of drug-likeness (QED) is 0.784. The fraction of sp³-hybridized carbons (Fsp3) is 0.700. The molecule has 0 radical (unpaired) electrons. The minimum Gasteiger partial charge on any atom is -0.394 e. The van der Waals surface area contributed by atoms with Gasteiger partial charge in [0.15, 0.2) is 0 Å². The maximum absolute atomic E-state index is 12.3. The van der Waals surface area contributed by atoms with Crippen molar-refractivity contribution >= 4 is 10.0 Å². The van der Waals surface area contributed by atoms with Crippen LogP contribution in [0.1, 0.15) is 6.92 Å². The standard InChI is InChI=1S/C10H17N3O4S/c1-9-7-13(3-5-17-9)18(15,16)10-6-11-12(8-10)2-4-14/h6,8-9,14H,2-5,7H2,1H3. The van der Waals surface area contributed by atoms with Crippen molar-refractivity contribution in [1.29, 1.82) is 0 Å². The Morgan fingerprint density at radius 1 is 1.61 bits per heavy atom. The number of ether oxygens (including phenoxy) is 1. The molecule has 0 spiro atoms. The van der Waals surface area contributed by atoms with Gasteiger partial charge in [-0.05, 0) is 6.92 Å². The van der Waals surface area contributed by atoms with Crippen LogP contribution in [0.4, 0.5) is 0 Å². The topological polar surface area (TPSA) is 84.7 Å². The number of rotatable bonds is 4. The first-order valence-corrected chi connectivity index (χ1v) is 7.23. The van der Waals surface area contributed by atoms with E-state index in [9.17, 15) is 8.42 Å². The summed E-state index contributed by atoms with van der Waals surface area (Å²) < 4.78 is 32.8. The number of morpholine rings is 1. The second-order valence-corrected chi connectivity index (χ2v) is 6.15. The van der Waals surface area contributed by atoms with Crippen molar-refractivity contribution in [3.05, 3.63) is 12.4 Å². The lowest BCUT2D eigenvalue weighted by Crippen LogP contribution is -2.44. The smallest absolute Gasteiger partial charge is 0.246 e. The average Bonchev–Trinajstić information content (AvgIpc) is 2.79. The van der Waals surface area contributed by atoms with Crippen LogP contribution < -0.4 is 0 Å². The van der Waals surface area contributed by atoms with E-state index >= 15 is 0 Å². The molecule has 1 fully saturated rings. The van der Waals surface area contributed by atoms with Crippen molar-refractivity contribution in [2.45, 2.75) is 24.5 Å². The van der Waals surface area contributed by atoms with Crippen LogP contribution in [0.2, 0.25) is 0 Å². The van der Waals surface area contributed by atoms with E-state index < -0.39 is 10.0 Å². The molecule has 1 N–H and O–H groups in total. The highest BCUT2D eigenvalue weighted by Crippen LogP contribution is 2.17. The molecule has 1 aromatic rings. The van der Waals surface area contributed by atoms with Crippen LogP contribution in [-0.2, 0) is 21.3 Å². The molecule has 1 unspecified atom stereocenters. The van der Waals surface area contributed by atoms with Crippen LogP contribution in [0.3, 0.4) is 0 Å². The summed E-state index contributed by atoms with van der Waals surface area (Å²) in [6.07, 6.45) is 2.65. The van der Waals surface area contributed by atoms with Gasteiger partial charge in [-0.15, -0.1) is 0 Å². The third-order valence-corrected chi connectivity index (χ3v) is 4.60. The van der Waals surface area contributed by atoms with Crippen molar-refractivity contribution in [2.24, 2.45) is 0 Å². The van der Waals surface area contributed by atoms with Crippen LogP contribution in [-0.4, -0.2) is 60.0 Å². The lowest BCUT2D eigenvalue weighted by atomic mass is 10.3. The Morgan fingerprint density at radius 3 is 3.06 bits per heavy atom. The highest BCUT2D eigenvalue weighted by molar-refractivity contribution is 7.89. The van der Waals surface area contributed by atoms with E-state index in [1.165, 1.54) is 21.4 Å². The van der Waals surface area contributed by atoms with Gasteiger partial charge >= 0.3 is 0 Å². The largest absolute Gasteiger partial charge is 0.394 e. The summed E-state index contributed by atoms with van der Waals surface area (Å²) in [6, 6.07) is 0. The van der Waals surface area contributed by atoms with E-state index in [1.807, 2.05) is 6.92 Å². The molecule has 2 rings (SSSR count). The Kier molecular flexibility index (Phi) is 4.00. The zero-order chi connectivity index (χ0) is 13.2. The maximum atomic E-state index is 12.3. The summed E-state index contributed by atoms with van der Waals surface area (Å²) in [5.74, 6) is 0. The zero-order valence-electron chi connectivity index (χ0n) is 10.2. The van der Waals surface area contributed by atoms with Gasteiger partial charge in [-0.1, -0.05) is 0 Å². The molecule has 2 heterocycles. The van der Waals surface area contributed by atoms with Crippen molar-refractivity contribution in [1.82, 2.24) is 14.1 Å². The van der Waals surface area contributed by atoms with Gasteiger partial charge in [-0.2, -0.15) is 9.40 Å². The van der Waals surface area contributed by atoms with Crippen LogP contribution in [0.25, 0.3) is 0 Å². The van der Waals surface area contributed by atoms with Gasteiger partial charge in [0.25, 0.3) is 0 Å². The van der Waals surface area contributed by atoms with Gasteiger partial charge in [0.05, 0.1) is 32.1 Å². The number of nitrogens with zero attached hydrogens (tertiary/aromatic N) is 3. The summed E-state index contributed by atoms with van der Waals surface area (Å²) >= 11 is 0. The van der Waals surface area contributed by atoms with Gasteiger partial charge in [-0.25, -0.2) is 8.42 Å². The third-order valence-electron chi connectivity index (χ3n) is 2.78. The van der Waals surface area contributed by atoms with Crippen molar-refractivity contribution in [3.63, 3.8) is 0 Å². The second kappa shape index (κ2) is 5.35. The molecule has 1 aliphatic heterocycles. The van der Waals surface area contributed by atoms with Crippen molar-refractivity contribution < 1.29 is 18.3 Å². The van der Waals surface area contributed by atoms with Crippen LogP contribution >= 0.6 is 0 Å². The molecule has 1 aliphatic rings. The molecule has 0 saturated carbocycles. The molecule has 102 valence electrons. The molecule has 1 atom stereocenters. The van der Waals surface area contributed by atoms with E-state index in [0.717, 1.165) is 0 Å². The summed E-state index contributed by atoms with van der Waals surface area (Å²) in [7, 11) is -3.50. The summed E-state index contributed by atoms with van der Waals surface area (Å²) in [5, 5.41) is 12.7. The highest BCUT2D eigenvalue weighted by Gasteiger charge is 2.30. The highest BCUT2D eigenvalue weighted by atomic mass is 32.2. The van der Waals surface area contributed by atoms with E-state index in [1.54, 1.807) is 0 Å². The SMILES string of the molecule is CC1CN(S(=O)(=O)c2cnn(CCO)c2)CCO1. The monoisotopic (exact) mass is 275 g/mol. The molecule has 0 aromatic carbocycles. The maximum Gasteiger partial charge on any atom is 0.246 e. The Bertz CT molecular complexity index is 499. The minimum atomic E-state index is -3.50. The van der Waals surface area contributed by atoms with Crippen LogP contribution in [0.5, 0.6) is 0 Å². The molecular weight excluding hydrogens is 258 g/mol. The third kappa shape index (κ3) is 2.72. The first-order chi connectivity index (χ1) is 8.54. The summed E-state index contributed by atoms with van der Waals surface area (Å²) in [5.41, 5.74) is 0. The predicted molar refractivity (Wildman–Crippen MR) is 63.5 cm³/mol. The molecule has 8 heteroatoms. The number of hydrogen-bond acceptors (Lipinski definition) is 5. The fourth-order valence-electron chi connectivity index (χ4n) is 1.86. The molecule has 1 aromatic heterocycles. The van der Waals surface area contributed by atoms with Gasteiger partial charge in [0, 0.05) is 19.3 Å². The van der Waals surface area contributed by atoms with Crippen LogP contribution in [0, 0.1) is 0 Å². The Labute approximate surface area is 106 Å². The van der Waals surface area contributed by atoms with Gasteiger partial charge in [0.1, 0.15) is 4.90 Å². The number of sulfonamides is 1. The van der Waals surface area contributed by atoms with Gasteiger partial charge in [-0.3, -0.25) is 4.68 Å². The molecular formula is C10H17N3O4S. The molecule has 18 heavy (non-hydrogen) atoms. The number of aliphatic hydroxyl groups excluding tert-OH is 1. The lowest BCUT2D eigenvalue weighted by Gasteiger charge is -2.29. The molecule has 1 saturated heterocycles. The molecule has 0 bridgehead atoms. The Morgan fingerprint density at radius 2 is 2.39 bits per heavy atom. The Hall–Kier alpha value is -0.960. The molecule has 0 aliphatic carbocycles. The summed E-state index contributed by atoms with van der Waals surface area (Å²) in [4.78, 5) is 0.157. The van der Waals surface area contributed by atoms with Crippen molar-refractivity contribution in [2.75, 3.05) is 26.3 Å². The fourth-order valence-corrected chi connectivity index (χ4v) is 3.31.